The van der Waals surface area contributed by atoms with E-state index in [2.05, 4.69) is 0 Å². The second kappa shape index (κ2) is 12.4. The molecule has 0 aliphatic carbocycles. The Morgan fingerprint density at radius 2 is 1.51 bits per heavy atom. The maximum Gasteiger partial charge on any atom is 0.342 e. The van der Waals surface area contributed by atoms with Crippen molar-refractivity contribution >= 4 is 5.97 Å². The molecule has 0 saturated carbocycles. The molecule has 0 aromatic heterocycles. The number of aliphatic hydroxyl groups excluding tert-OH is 1. The lowest BCUT2D eigenvalue weighted by molar-refractivity contribution is -0.111. The summed E-state index contributed by atoms with van der Waals surface area (Å²) in [7, 11) is 0. The highest BCUT2D eigenvalue weighted by atomic mass is 16.6. The van der Waals surface area contributed by atoms with Gasteiger partial charge in [-0.1, -0.05) is 72.8 Å². The molecule has 194 valence electrons. The first-order chi connectivity index (χ1) is 18.1. The van der Waals surface area contributed by atoms with Gasteiger partial charge in [-0.25, -0.2) is 4.79 Å². The van der Waals surface area contributed by atoms with Crippen LogP contribution in [0.5, 0.6) is 5.75 Å². The van der Waals surface area contributed by atoms with E-state index in [0.717, 1.165) is 16.7 Å². The highest BCUT2D eigenvalue weighted by Gasteiger charge is 2.34. The van der Waals surface area contributed by atoms with Crippen molar-refractivity contribution in [3.63, 3.8) is 0 Å². The summed E-state index contributed by atoms with van der Waals surface area (Å²) in [4.78, 5) is 13.6. The van der Waals surface area contributed by atoms with Gasteiger partial charge >= 0.3 is 5.97 Å². The van der Waals surface area contributed by atoms with E-state index in [1.807, 2.05) is 78.9 Å². The largest absolute Gasteiger partial charge is 0.488 e. The molecule has 5 rings (SSSR count). The zero-order chi connectivity index (χ0) is 25.5. The quantitative estimate of drug-likeness (QED) is 0.335. The predicted octanol–water partition coefficient (Wildman–Crippen LogP) is 5.25. The molecule has 2 bridgehead atoms. The van der Waals surface area contributed by atoms with E-state index in [1.54, 1.807) is 0 Å². The highest BCUT2D eigenvalue weighted by Crippen LogP contribution is 2.33. The van der Waals surface area contributed by atoms with Crippen LogP contribution in [-0.2, 0) is 33.8 Å². The number of esters is 1. The molecule has 1 fully saturated rings. The van der Waals surface area contributed by atoms with Crippen LogP contribution in [0.25, 0.3) is 0 Å². The normalized spacial score (nSPS) is 23.5. The molecule has 6 heteroatoms. The average molecular weight is 503 g/mol. The summed E-state index contributed by atoms with van der Waals surface area (Å²) >= 11 is 0. The molecule has 3 aromatic rings. The smallest absolute Gasteiger partial charge is 0.342 e. The first-order valence-electron chi connectivity index (χ1n) is 13.1. The zero-order valence-electron chi connectivity index (χ0n) is 21.0. The summed E-state index contributed by atoms with van der Waals surface area (Å²) in [5.41, 5.74) is 3.37. The van der Waals surface area contributed by atoms with Crippen LogP contribution >= 0.6 is 0 Å². The van der Waals surface area contributed by atoms with Crippen molar-refractivity contribution < 1.29 is 28.8 Å². The molecule has 2 aliphatic rings. The maximum absolute atomic E-state index is 13.6. The minimum absolute atomic E-state index is 0.167. The van der Waals surface area contributed by atoms with Gasteiger partial charge in [-0.15, -0.1) is 0 Å². The highest BCUT2D eigenvalue weighted by molar-refractivity contribution is 5.94. The van der Waals surface area contributed by atoms with E-state index in [0.29, 0.717) is 63.2 Å². The summed E-state index contributed by atoms with van der Waals surface area (Å²) in [6.07, 6.45) is 1.51. The first-order valence-corrected chi connectivity index (χ1v) is 13.1. The van der Waals surface area contributed by atoms with Gasteiger partial charge < -0.3 is 24.1 Å². The number of hydrogen-bond acceptors (Lipinski definition) is 6. The fraction of sp³-hybridized carbons (Fsp3) is 0.387. The number of fused-ring (bicyclic) bond motifs is 3. The van der Waals surface area contributed by atoms with Gasteiger partial charge in [-0.05, 0) is 42.0 Å². The molecule has 2 heterocycles. The third-order valence-electron chi connectivity index (χ3n) is 6.95. The van der Waals surface area contributed by atoms with E-state index in [9.17, 15) is 9.90 Å². The van der Waals surface area contributed by atoms with Crippen LogP contribution in [0.4, 0.5) is 0 Å². The van der Waals surface area contributed by atoms with Crippen molar-refractivity contribution in [2.75, 3.05) is 6.61 Å². The molecule has 0 spiro atoms. The molecule has 6 nitrogen and oxygen atoms in total. The molecular formula is C31H34O6. The molecule has 3 aromatic carbocycles. The molecule has 0 radical (unpaired) electrons. The summed E-state index contributed by atoms with van der Waals surface area (Å²) in [5.74, 6) is 0.117. The molecule has 4 atom stereocenters. The Kier molecular flexibility index (Phi) is 8.51. The second-order valence-electron chi connectivity index (χ2n) is 9.86. The van der Waals surface area contributed by atoms with Crippen molar-refractivity contribution in [1.82, 2.24) is 0 Å². The molecule has 2 aliphatic heterocycles. The van der Waals surface area contributed by atoms with Gasteiger partial charge in [0.25, 0.3) is 0 Å². The van der Waals surface area contributed by atoms with Crippen molar-refractivity contribution in [3.8, 4) is 5.75 Å². The number of carbonyl (C=O) groups excluding carboxylic acids is 1. The Labute approximate surface area is 218 Å². The molecule has 0 amide bonds. The summed E-state index contributed by atoms with van der Waals surface area (Å²) in [6.45, 7) is 1.30. The Hall–Kier alpha value is -3.19. The third kappa shape index (κ3) is 6.98. The third-order valence-corrected chi connectivity index (χ3v) is 6.95. The zero-order valence-corrected chi connectivity index (χ0v) is 21.0. The monoisotopic (exact) mass is 502 g/mol. The van der Waals surface area contributed by atoms with Gasteiger partial charge in [0.1, 0.15) is 24.0 Å². The number of benzene rings is 3. The van der Waals surface area contributed by atoms with Crippen LogP contribution in [0.15, 0.2) is 78.9 Å². The van der Waals surface area contributed by atoms with Crippen molar-refractivity contribution in [2.24, 2.45) is 0 Å². The van der Waals surface area contributed by atoms with Crippen LogP contribution in [0.1, 0.15) is 52.7 Å². The van der Waals surface area contributed by atoms with E-state index in [4.69, 9.17) is 18.9 Å². The Balaban J connectivity index is 1.33. The Morgan fingerprint density at radius 1 is 0.811 bits per heavy atom. The van der Waals surface area contributed by atoms with E-state index < -0.39 is 12.2 Å². The minimum Gasteiger partial charge on any atom is -0.488 e. The number of cyclic esters (lactones) is 1. The number of rotatable bonds is 8. The van der Waals surface area contributed by atoms with Crippen molar-refractivity contribution in [1.29, 1.82) is 0 Å². The van der Waals surface area contributed by atoms with Crippen LogP contribution in [0.3, 0.4) is 0 Å². The number of ether oxygens (including phenoxy) is 4. The lowest BCUT2D eigenvalue weighted by Gasteiger charge is -2.36. The number of carbonyl (C=O) groups is 1. The fourth-order valence-corrected chi connectivity index (χ4v) is 5.16. The van der Waals surface area contributed by atoms with Crippen LogP contribution in [0.2, 0.25) is 0 Å². The SMILES string of the molecule is O=C1O[C@@H](CCOCc2ccccc2)C[C@H]2CC(O)C[C@H](Cc3cccc(OCc4ccccc4)c31)O2. The van der Waals surface area contributed by atoms with Crippen LogP contribution in [-0.4, -0.2) is 42.1 Å². The van der Waals surface area contributed by atoms with Crippen molar-refractivity contribution in [2.45, 2.75) is 69.7 Å². The molecular weight excluding hydrogens is 468 g/mol. The summed E-state index contributed by atoms with van der Waals surface area (Å²) in [6, 6.07) is 25.5. The predicted molar refractivity (Wildman–Crippen MR) is 139 cm³/mol. The van der Waals surface area contributed by atoms with Gasteiger partial charge in [-0.2, -0.15) is 0 Å². The van der Waals surface area contributed by atoms with E-state index >= 15 is 0 Å². The number of aliphatic hydroxyl groups is 1. The van der Waals surface area contributed by atoms with E-state index in [1.165, 1.54) is 0 Å². The molecule has 37 heavy (non-hydrogen) atoms. The standard InChI is InChI=1S/C31H34O6/c32-25-17-27-16-24-12-7-13-29(35-21-23-10-5-2-6-11-23)30(24)31(33)37-26(19-28(18-25)36-27)14-15-34-20-22-8-3-1-4-9-22/h1-13,25-28,32H,14-21H2/t25?,26-,27-,28+/m0/s1. The van der Waals surface area contributed by atoms with Gasteiger partial charge in [0.15, 0.2) is 0 Å². The fourth-order valence-electron chi connectivity index (χ4n) is 5.16. The van der Waals surface area contributed by atoms with E-state index in [-0.39, 0.29) is 18.2 Å². The Bertz CT molecular complexity index is 1150. The average Bonchev–Trinajstić information content (AvgIpc) is 2.90. The van der Waals surface area contributed by atoms with Gasteiger partial charge in [-0.3, -0.25) is 0 Å². The van der Waals surface area contributed by atoms with Crippen LogP contribution in [0, 0.1) is 0 Å². The van der Waals surface area contributed by atoms with Gasteiger partial charge in [0, 0.05) is 12.8 Å². The summed E-state index contributed by atoms with van der Waals surface area (Å²) in [5, 5.41) is 10.5. The second-order valence-corrected chi connectivity index (χ2v) is 9.86. The topological polar surface area (TPSA) is 74.2 Å². The minimum atomic E-state index is -0.435. The van der Waals surface area contributed by atoms with Gasteiger partial charge in [0.05, 0.1) is 31.5 Å². The first kappa shape index (κ1) is 25.5. The summed E-state index contributed by atoms with van der Waals surface area (Å²) < 4.78 is 24.4. The molecule has 1 saturated heterocycles. The number of hydrogen-bond donors (Lipinski definition) is 1. The lowest BCUT2D eigenvalue weighted by Crippen LogP contribution is -2.40. The molecule has 1 N–H and O–H groups in total. The maximum atomic E-state index is 13.6. The van der Waals surface area contributed by atoms with Crippen molar-refractivity contribution in [3.05, 3.63) is 101 Å². The molecule has 1 unspecified atom stereocenters. The van der Waals surface area contributed by atoms with Gasteiger partial charge in [0.2, 0.25) is 0 Å². The van der Waals surface area contributed by atoms with Crippen LogP contribution < -0.4 is 4.74 Å². The lowest BCUT2D eigenvalue weighted by atomic mass is 9.91. The Morgan fingerprint density at radius 3 is 2.27 bits per heavy atom.